The highest BCUT2D eigenvalue weighted by Crippen LogP contribution is 2.39. The number of aromatic nitrogens is 1. The molecule has 0 radical (unpaired) electrons. The molecule has 4 aromatic rings. The summed E-state index contributed by atoms with van der Waals surface area (Å²) >= 11 is 6.38. The van der Waals surface area contributed by atoms with Gasteiger partial charge in [-0.25, -0.2) is 4.98 Å². The molecule has 1 amide bonds. The Kier molecular flexibility index (Phi) is 7.13. The lowest BCUT2D eigenvalue weighted by Gasteiger charge is -2.30. The van der Waals surface area contributed by atoms with Crippen molar-refractivity contribution < 1.29 is 9.21 Å². The Balaban J connectivity index is 1.30. The highest BCUT2D eigenvalue weighted by atomic mass is 79.9. The number of hydrogen-bond acceptors (Lipinski definition) is 6. The van der Waals surface area contributed by atoms with Crippen LogP contribution in [0.1, 0.15) is 37.9 Å². The van der Waals surface area contributed by atoms with Crippen molar-refractivity contribution in [2.45, 2.75) is 38.1 Å². The molecule has 1 saturated carbocycles. The minimum atomic E-state index is -0.00270. The number of hydrogen-bond donors (Lipinski definition) is 0. The molecule has 0 N–H and O–H groups in total. The maximum Gasteiger partial charge on any atom is 0.267 e. The third-order valence-electron chi connectivity index (χ3n) is 6.56. The minimum absolute atomic E-state index is 0.00270. The standard InChI is InChI=1S/C29H24BrN3O2S2/c30-21-13-11-20(12-14-21)25-16-15-23(35-25)17-26-27(34)33(22-9-5-2-6-10-22)29(37-26)32-28-31-24(18-36-28)19-7-3-1-4-8-19/h1,3-4,7-8,11-18,22H,2,5-6,9-10H2/b26-17+,32-29+. The zero-order valence-electron chi connectivity index (χ0n) is 20.0. The second-order valence-electron chi connectivity index (χ2n) is 9.06. The fraction of sp³-hybridized carbons (Fsp3) is 0.207. The van der Waals surface area contributed by atoms with E-state index in [2.05, 4.69) is 15.9 Å². The van der Waals surface area contributed by atoms with Crippen molar-refractivity contribution in [3.05, 3.63) is 87.2 Å². The second-order valence-corrected chi connectivity index (χ2v) is 11.8. The Morgan fingerprint density at radius 3 is 2.54 bits per heavy atom. The average Bonchev–Trinajstić information content (AvgIpc) is 3.66. The van der Waals surface area contributed by atoms with Crippen molar-refractivity contribution in [2.75, 3.05) is 0 Å². The Hall–Kier alpha value is -2.94. The van der Waals surface area contributed by atoms with Gasteiger partial charge in [0.25, 0.3) is 5.91 Å². The molecule has 1 aliphatic carbocycles. The summed E-state index contributed by atoms with van der Waals surface area (Å²) in [5.74, 6) is 1.42. The van der Waals surface area contributed by atoms with Crippen LogP contribution in [0.3, 0.4) is 0 Å². The van der Waals surface area contributed by atoms with Crippen LogP contribution >= 0.6 is 39.0 Å². The summed E-state index contributed by atoms with van der Waals surface area (Å²) in [6, 6.07) is 22.1. The topological polar surface area (TPSA) is 58.7 Å². The third-order valence-corrected chi connectivity index (χ3v) is 8.80. The predicted octanol–water partition coefficient (Wildman–Crippen LogP) is 8.77. The third kappa shape index (κ3) is 5.37. The summed E-state index contributed by atoms with van der Waals surface area (Å²) in [6.07, 6.45) is 7.33. The molecule has 6 rings (SSSR count). The van der Waals surface area contributed by atoms with Crippen molar-refractivity contribution in [1.29, 1.82) is 0 Å². The average molecular weight is 591 g/mol. The van der Waals surface area contributed by atoms with Crippen molar-refractivity contribution in [3.63, 3.8) is 0 Å². The molecule has 0 unspecified atom stereocenters. The number of carbonyl (C=O) groups excluding carboxylic acids is 1. The van der Waals surface area contributed by atoms with Crippen LogP contribution in [-0.2, 0) is 4.79 Å². The Morgan fingerprint density at radius 1 is 0.973 bits per heavy atom. The smallest absolute Gasteiger partial charge is 0.267 e. The van der Waals surface area contributed by atoms with Gasteiger partial charge < -0.3 is 4.42 Å². The molecular formula is C29H24BrN3O2S2. The van der Waals surface area contributed by atoms with Crippen LogP contribution in [0.5, 0.6) is 0 Å². The molecule has 186 valence electrons. The first kappa shape index (κ1) is 24.4. The molecule has 2 fully saturated rings. The maximum atomic E-state index is 13.6. The molecule has 5 nitrogen and oxygen atoms in total. The summed E-state index contributed by atoms with van der Waals surface area (Å²) in [4.78, 5) is 25.8. The lowest BCUT2D eigenvalue weighted by atomic mass is 9.94. The van der Waals surface area contributed by atoms with E-state index in [4.69, 9.17) is 14.4 Å². The lowest BCUT2D eigenvalue weighted by Crippen LogP contribution is -2.40. The van der Waals surface area contributed by atoms with Gasteiger partial charge in [-0.15, -0.1) is 11.3 Å². The van der Waals surface area contributed by atoms with Crippen molar-refractivity contribution in [3.8, 4) is 22.6 Å². The van der Waals surface area contributed by atoms with E-state index in [1.807, 2.05) is 83.1 Å². The molecule has 37 heavy (non-hydrogen) atoms. The highest BCUT2D eigenvalue weighted by molar-refractivity contribution is 9.10. The van der Waals surface area contributed by atoms with Gasteiger partial charge in [0.1, 0.15) is 11.5 Å². The Bertz CT molecular complexity index is 1470. The molecule has 2 aromatic carbocycles. The van der Waals surface area contributed by atoms with Gasteiger partial charge in [0, 0.05) is 33.1 Å². The summed E-state index contributed by atoms with van der Waals surface area (Å²) in [5.41, 5.74) is 2.95. The Labute approximate surface area is 232 Å². The van der Waals surface area contributed by atoms with E-state index < -0.39 is 0 Å². The monoisotopic (exact) mass is 589 g/mol. The van der Waals surface area contributed by atoms with E-state index in [1.165, 1.54) is 29.5 Å². The van der Waals surface area contributed by atoms with Crippen LogP contribution in [-0.4, -0.2) is 27.0 Å². The van der Waals surface area contributed by atoms with Crippen LogP contribution in [0, 0.1) is 0 Å². The molecule has 3 heterocycles. The zero-order valence-corrected chi connectivity index (χ0v) is 23.2. The normalized spacial score (nSPS) is 18.8. The highest BCUT2D eigenvalue weighted by Gasteiger charge is 2.39. The molecule has 2 aromatic heterocycles. The predicted molar refractivity (Wildman–Crippen MR) is 156 cm³/mol. The fourth-order valence-electron chi connectivity index (χ4n) is 4.69. The van der Waals surface area contributed by atoms with Gasteiger partial charge in [-0.1, -0.05) is 77.7 Å². The van der Waals surface area contributed by atoms with E-state index in [1.54, 1.807) is 0 Å². The van der Waals surface area contributed by atoms with Gasteiger partial charge in [-0.3, -0.25) is 9.69 Å². The summed E-state index contributed by atoms with van der Waals surface area (Å²) in [7, 11) is 0. The molecule has 1 saturated heterocycles. The largest absolute Gasteiger partial charge is 0.457 e. The first-order chi connectivity index (χ1) is 18.1. The van der Waals surface area contributed by atoms with E-state index in [0.717, 1.165) is 52.7 Å². The summed E-state index contributed by atoms with van der Waals surface area (Å²) < 4.78 is 7.10. The van der Waals surface area contributed by atoms with Gasteiger partial charge >= 0.3 is 0 Å². The molecule has 2 aliphatic rings. The number of nitrogens with zero attached hydrogens (tertiary/aromatic N) is 3. The Morgan fingerprint density at radius 2 is 1.76 bits per heavy atom. The molecule has 0 bridgehead atoms. The number of furan rings is 1. The molecule has 0 atom stereocenters. The second kappa shape index (κ2) is 10.8. The first-order valence-corrected chi connectivity index (χ1v) is 14.8. The van der Waals surface area contributed by atoms with E-state index in [9.17, 15) is 4.79 Å². The first-order valence-electron chi connectivity index (χ1n) is 12.3. The van der Waals surface area contributed by atoms with Crippen LogP contribution in [0.15, 0.2) is 90.9 Å². The number of rotatable bonds is 5. The van der Waals surface area contributed by atoms with Crippen LogP contribution in [0.25, 0.3) is 28.7 Å². The fourth-order valence-corrected chi connectivity index (χ4v) is 6.73. The number of aliphatic imine (C=N–C) groups is 1. The quantitative estimate of drug-likeness (QED) is 0.218. The number of amides is 1. The molecule has 8 heteroatoms. The number of thiazole rings is 1. The number of halogens is 1. The van der Waals surface area contributed by atoms with Gasteiger partial charge in [-0.05, 0) is 48.9 Å². The number of thioether (sulfide) groups is 1. The SMILES string of the molecule is O=C1/C(=C\c2ccc(-c3ccc(Br)cc3)o2)S/C(=N/c2nc(-c3ccccc3)cs2)N1C1CCCCC1. The van der Waals surface area contributed by atoms with E-state index in [0.29, 0.717) is 21.0 Å². The van der Waals surface area contributed by atoms with Crippen molar-refractivity contribution in [2.24, 2.45) is 4.99 Å². The van der Waals surface area contributed by atoms with E-state index in [-0.39, 0.29) is 11.9 Å². The molecular weight excluding hydrogens is 566 g/mol. The summed E-state index contributed by atoms with van der Waals surface area (Å²) in [5, 5.41) is 3.38. The molecule has 1 aliphatic heterocycles. The van der Waals surface area contributed by atoms with Crippen molar-refractivity contribution in [1.82, 2.24) is 9.88 Å². The van der Waals surface area contributed by atoms with Crippen LogP contribution in [0.4, 0.5) is 5.13 Å². The number of benzene rings is 2. The number of amidine groups is 1. The zero-order chi connectivity index (χ0) is 25.2. The van der Waals surface area contributed by atoms with Gasteiger partial charge in [0.05, 0.1) is 10.6 Å². The van der Waals surface area contributed by atoms with Crippen molar-refractivity contribution >= 4 is 61.3 Å². The van der Waals surface area contributed by atoms with Crippen LogP contribution < -0.4 is 0 Å². The summed E-state index contributed by atoms with van der Waals surface area (Å²) in [6.45, 7) is 0. The lowest BCUT2D eigenvalue weighted by molar-refractivity contribution is -0.124. The van der Waals surface area contributed by atoms with Gasteiger partial charge in [0.15, 0.2) is 5.17 Å². The maximum absolute atomic E-state index is 13.6. The molecule has 0 spiro atoms. The number of carbonyl (C=O) groups is 1. The van der Waals surface area contributed by atoms with E-state index >= 15 is 0 Å². The van der Waals surface area contributed by atoms with Gasteiger partial charge in [-0.2, -0.15) is 4.99 Å². The van der Waals surface area contributed by atoms with Gasteiger partial charge in [0.2, 0.25) is 5.13 Å². The minimum Gasteiger partial charge on any atom is -0.457 e. The van der Waals surface area contributed by atoms with Crippen LogP contribution in [0.2, 0.25) is 0 Å².